The number of anilines is 1. The van der Waals surface area contributed by atoms with Crippen LogP contribution < -0.4 is 20.2 Å². The molecule has 1 aromatic carbocycles. The average Bonchev–Trinajstić information content (AvgIpc) is 3.05. The van der Waals surface area contributed by atoms with Gasteiger partial charge in [-0.1, -0.05) is 20.4 Å². The lowest BCUT2D eigenvalue weighted by Crippen LogP contribution is -2.24. The number of nitrogens with one attached hydrogen (secondary N) is 1. The lowest BCUT2D eigenvalue weighted by Gasteiger charge is -2.24. The number of hydrogen-bond acceptors (Lipinski definition) is 3. The number of nitrogens with zero attached hydrogens (tertiary/aromatic N) is 1. The van der Waals surface area contributed by atoms with Crippen LogP contribution in [0.3, 0.4) is 0 Å². The van der Waals surface area contributed by atoms with Crippen LogP contribution in [0.4, 0.5) is 5.69 Å². The van der Waals surface area contributed by atoms with Crippen LogP contribution in [-0.4, -0.2) is 24.4 Å². The summed E-state index contributed by atoms with van der Waals surface area (Å²) in [5, 5.41) is 1.79. The topological polar surface area (TPSA) is 45.3 Å². The highest BCUT2D eigenvalue weighted by Gasteiger charge is 2.11. The van der Waals surface area contributed by atoms with E-state index in [2.05, 4.69) is 30.3 Å². The molecule has 0 aliphatic carbocycles. The molecule has 0 radical (unpaired) electrons. The van der Waals surface area contributed by atoms with E-state index >= 15 is 0 Å². The molecule has 4 nitrogen and oxygen atoms in total. The molecular formula is C22H28N2O2. The molecule has 0 fully saturated rings. The maximum atomic E-state index is 11.5. The molecule has 0 saturated carbocycles. The summed E-state index contributed by atoms with van der Waals surface area (Å²) in [7, 11) is 0. The predicted octanol–water partition coefficient (Wildman–Crippen LogP) is 3.63. The standard InChI is InChI=1S/C22H28N2O2/c1-5-12-24(13-6-2)20-9-8-19(16-25)22(15-20)26-21(7-3)14-18-10-11-23-17(18)4/h7-11,14-16,23H,4-6,12-13H2,1-3H3/b18-14-,21-7+. The van der Waals surface area contributed by atoms with Crippen LogP contribution in [-0.2, 0) is 0 Å². The van der Waals surface area contributed by atoms with E-state index in [1.165, 1.54) is 0 Å². The van der Waals surface area contributed by atoms with Gasteiger partial charge in [-0.05, 0) is 50.1 Å². The Balaban J connectivity index is 2.37. The molecule has 0 bridgehead atoms. The van der Waals surface area contributed by atoms with E-state index in [0.717, 1.165) is 48.5 Å². The lowest BCUT2D eigenvalue weighted by atomic mass is 10.1. The van der Waals surface area contributed by atoms with Crippen molar-refractivity contribution in [2.24, 2.45) is 0 Å². The summed E-state index contributed by atoms with van der Waals surface area (Å²) in [5.74, 6) is 1.24. The number of carbonyl (C=O) groups excluding carboxylic acids is 1. The first-order valence-electron chi connectivity index (χ1n) is 9.15. The van der Waals surface area contributed by atoms with Crippen molar-refractivity contribution in [1.29, 1.82) is 0 Å². The Bertz CT molecular complexity index is 859. The molecule has 0 aliphatic heterocycles. The van der Waals surface area contributed by atoms with E-state index in [1.54, 1.807) is 0 Å². The normalized spacial score (nSPS) is 12.3. The van der Waals surface area contributed by atoms with Crippen molar-refractivity contribution >= 4 is 24.6 Å². The summed E-state index contributed by atoms with van der Waals surface area (Å²) in [5.41, 5.74) is 1.61. The number of hydrogen-bond donors (Lipinski definition) is 1. The molecule has 0 aliphatic rings. The molecule has 0 unspecified atom stereocenters. The second-order valence-corrected chi connectivity index (χ2v) is 6.18. The van der Waals surface area contributed by atoms with Gasteiger partial charge in [0, 0.05) is 41.6 Å². The van der Waals surface area contributed by atoms with E-state index < -0.39 is 0 Å². The Kier molecular flexibility index (Phi) is 7.27. The van der Waals surface area contributed by atoms with Crippen LogP contribution in [0.5, 0.6) is 5.75 Å². The van der Waals surface area contributed by atoms with Crippen LogP contribution in [0.25, 0.3) is 12.7 Å². The zero-order valence-electron chi connectivity index (χ0n) is 15.9. The van der Waals surface area contributed by atoms with Crippen LogP contribution in [0.15, 0.2) is 42.3 Å². The van der Waals surface area contributed by atoms with Crippen LogP contribution >= 0.6 is 0 Å². The highest BCUT2D eigenvalue weighted by Crippen LogP contribution is 2.27. The maximum absolute atomic E-state index is 11.5. The minimum atomic E-state index is 0.540. The molecular weight excluding hydrogens is 324 g/mol. The van der Waals surface area contributed by atoms with Gasteiger partial charge in [-0.3, -0.25) is 4.79 Å². The van der Waals surface area contributed by atoms with Gasteiger partial charge in [0.15, 0.2) is 6.29 Å². The van der Waals surface area contributed by atoms with Crippen LogP contribution in [0.2, 0.25) is 0 Å². The maximum Gasteiger partial charge on any atom is 0.153 e. The molecule has 2 aromatic rings. The first-order valence-corrected chi connectivity index (χ1v) is 9.15. The van der Waals surface area contributed by atoms with Crippen molar-refractivity contribution < 1.29 is 9.53 Å². The van der Waals surface area contributed by atoms with Gasteiger partial charge in [0.2, 0.25) is 0 Å². The van der Waals surface area contributed by atoms with Gasteiger partial charge in [0.1, 0.15) is 11.5 Å². The third-order valence-electron chi connectivity index (χ3n) is 4.16. The largest absolute Gasteiger partial charge is 0.457 e. The Morgan fingerprint density at radius 2 is 1.96 bits per heavy atom. The van der Waals surface area contributed by atoms with Crippen molar-refractivity contribution in [3.05, 3.63) is 58.4 Å². The quantitative estimate of drug-likeness (QED) is 0.554. The third kappa shape index (κ3) is 4.88. The number of carbonyl (C=O) groups is 1. The molecule has 2 rings (SSSR count). The number of benzene rings is 1. The molecule has 0 saturated heterocycles. The Morgan fingerprint density at radius 1 is 1.23 bits per heavy atom. The second kappa shape index (κ2) is 9.66. The number of aromatic amines is 1. The van der Waals surface area contributed by atoms with E-state index in [4.69, 9.17) is 4.74 Å². The zero-order valence-corrected chi connectivity index (χ0v) is 15.9. The summed E-state index contributed by atoms with van der Waals surface area (Å²) in [4.78, 5) is 16.8. The number of allylic oxidation sites excluding steroid dienone is 2. The lowest BCUT2D eigenvalue weighted by molar-refractivity contribution is 0.112. The van der Waals surface area contributed by atoms with Crippen molar-refractivity contribution in [2.45, 2.75) is 33.6 Å². The van der Waals surface area contributed by atoms with Gasteiger partial charge in [0.25, 0.3) is 0 Å². The second-order valence-electron chi connectivity index (χ2n) is 6.18. The Hall–Kier alpha value is -2.75. The summed E-state index contributed by atoms with van der Waals surface area (Å²) in [6, 6.07) is 7.71. The van der Waals surface area contributed by atoms with Gasteiger partial charge in [-0.2, -0.15) is 0 Å². The summed E-state index contributed by atoms with van der Waals surface area (Å²) >= 11 is 0. The van der Waals surface area contributed by atoms with Crippen molar-refractivity contribution in [2.75, 3.05) is 18.0 Å². The molecule has 1 heterocycles. The molecule has 1 N–H and O–H groups in total. The first kappa shape index (κ1) is 19.6. The SMILES string of the molecule is C=c1[nH]cc/c1=C/C(=C\C)Oc1cc(N(CCC)CCC)ccc1C=O. The smallest absolute Gasteiger partial charge is 0.153 e. The Morgan fingerprint density at radius 3 is 2.50 bits per heavy atom. The number of H-pyrrole nitrogens is 1. The predicted molar refractivity (Wildman–Crippen MR) is 109 cm³/mol. The minimum absolute atomic E-state index is 0.540. The van der Waals surface area contributed by atoms with E-state index in [9.17, 15) is 4.79 Å². The molecule has 1 aromatic heterocycles. The zero-order chi connectivity index (χ0) is 18.9. The van der Waals surface area contributed by atoms with E-state index in [1.807, 2.05) is 49.5 Å². The highest BCUT2D eigenvalue weighted by molar-refractivity contribution is 5.81. The number of aromatic nitrogens is 1. The molecule has 138 valence electrons. The first-order chi connectivity index (χ1) is 12.6. The summed E-state index contributed by atoms with van der Waals surface area (Å²) < 4.78 is 6.07. The van der Waals surface area contributed by atoms with Gasteiger partial charge < -0.3 is 14.6 Å². The fraction of sp³-hybridized carbons (Fsp3) is 0.318. The summed E-state index contributed by atoms with van der Waals surface area (Å²) in [6.45, 7) is 12.2. The Labute approximate surface area is 155 Å². The number of aldehydes is 1. The van der Waals surface area contributed by atoms with Crippen molar-refractivity contribution in [3.8, 4) is 5.75 Å². The summed E-state index contributed by atoms with van der Waals surface area (Å²) in [6.07, 6.45) is 8.60. The van der Waals surface area contributed by atoms with Crippen molar-refractivity contribution in [1.82, 2.24) is 4.98 Å². The number of ether oxygens (including phenoxy) is 1. The van der Waals surface area contributed by atoms with E-state index in [0.29, 0.717) is 17.1 Å². The monoisotopic (exact) mass is 352 g/mol. The molecule has 26 heavy (non-hydrogen) atoms. The molecule has 0 atom stereocenters. The third-order valence-corrected chi connectivity index (χ3v) is 4.16. The highest BCUT2D eigenvalue weighted by atomic mass is 16.5. The van der Waals surface area contributed by atoms with Gasteiger partial charge in [-0.15, -0.1) is 0 Å². The minimum Gasteiger partial charge on any atom is -0.457 e. The number of rotatable bonds is 9. The molecule has 4 heteroatoms. The molecule has 0 spiro atoms. The van der Waals surface area contributed by atoms with Gasteiger partial charge >= 0.3 is 0 Å². The van der Waals surface area contributed by atoms with Crippen LogP contribution in [0, 0.1) is 0 Å². The van der Waals surface area contributed by atoms with Crippen molar-refractivity contribution in [3.63, 3.8) is 0 Å². The molecule has 0 amide bonds. The fourth-order valence-electron chi connectivity index (χ4n) is 2.82. The van der Waals surface area contributed by atoms with Crippen LogP contribution in [0.1, 0.15) is 44.0 Å². The fourth-order valence-corrected chi connectivity index (χ4v) is 2.82. The van der Waals surface area contributed by atoms with E-state index in [-0.39, 0.29) is 0 Å². The average molecular weight is 352 g/mol. The van der Waals surface area contributed by atoms with Gasteiger partial charge in [-0.25, -0.2) is 0 Å². The van der Waals surface area contributed by atoms with Gasteiger partial charge in [0.05, 0.1) is 5.56 Å².